The van der Waals surface area contributed by atoms with Gasteiger partial charge in [-0.05, 0) is 44.2 Å². The van der Waals surface area contributed by atoms with Gasteiger partial charge in [-0.1, -0.05) is 11.6 Å². The van der Waals surface area contributed by atoms with E-state index in [1.54, 1.807) is 11.8 Å². The lowest BCUT2D eigenvalue weighted by Gasteiger charge is -2.32. The quantitative estimate of drug-likeness (QED) is 0.827. The second kappa shape index (κ2) is 9.57. The number of thioether (sulfide) groups is 1. The Kier molecular flexibility index (Phi) is 8.49. The molecule has 2 rings (SSSR count). The second-order valence-corrected chi connectivity index (χ2v) is 6.62. The SMILES string of the molecule is CNC1CCCN(C(=O)CCSc2ccc(Cl)cc2)C1.Cl. The van der Waals surface area contributed by atoms with Gasteiger partial charge in [-0.2, -0.15) is 0 Å². The van der Waals surface area contributed by atoms with Crippen LogP contribution >= 0.6 is 35.8 Å². The predicted molar refractivity (Wildman–Crippen MR) is 92.7 cm³/mol. The van der Waals surface area contributed by atoms with Crippen molar-refractivity contribution in [3.05, 3.63) is 29.3 Å². The van der Waals surface area contributed by atoms with E-state index in [4.69, 9.17) is 11.6 Å². The molecule has 1 unspecified atom stereocenters. The van der Waals surface area contributed by atoms with Crippen molar-refractivity contribution in [1.82, 2.24) is 10.2 Å². The molecule has 0 bridgehead atoms. The van der Waals surface area contributed by atoms with Gasteiger partial charge in [0.05, 0.1) is 0 Å². The molecule has 1 aromatic rings. The summed E-state index contributed by atoms with van der Waals surface area (Å²) in [5.74, 6) is 1.09. The molecule has 21 heavy (non-hydrogen) atoms. The Labute approximate surface area is 142 Å². The maximum absolute atomic E-state index is 12.2. The van der Waals surface area contributed by atoms with Crippen molar-refractivity contribution in [3.8, 4) is 0 Å². The second-order valence-electron chi connectivity index (χ2n) is 5.02. The number of carbonyl (C=O) groups excluding carboxylic acids is 1. The summed E-state index contributed by atoms with van der Waals surface area (Å²) in [6.07, 6.45) is 2.87. The van der Waals surface area contributed by atoms with E-state index in [-0.39, 0.29) is 18.3 Å². The molecule has 1 aromatic carbocycles. The first kappa shape index (κ1) is 18.6. The van der Waals surface area contributed by atoms with Crippen LogP contribution in [0.25, 0.3) is 0 Å². The molecule has 0 aromatic heterocycles. The van der Waals surface area contributed by atoms with Crippen LogP contribution in [0.4, 0.5) is 0 Å². The highest BCUT2D eigenvalue weighted by Crippen LogP contribution is 2.21. The van der Waals surface area contributed by atoms with E-state index >= 15 is 0 Å². The van der Waals surface area contributed by atoms with Gasteiger partial charge in [0.15, 0.2) is 0 Å². The van der Waals surface area contributed by atoms with Gasteiger partial charge in [0.25, 0.3) is 0 Å². The molecule has 1 aliphatic heterocycles. The molecule has 3 nitrogen and oxygen atoms in total. The first-order valence-electron chi connectivity index (χ1n) is 7.02. The summed E-state index contributed by atoms with van der Waals surface area (Å²) < 4.78 is 0. The van der Waals surface area contributed by atoms with Crippen LogP contribution in [0.3, 0.4) is 0 Å². The molecule has 0 radical (unpaired) electrons. The third kappa shape index (κ3) is 6.07. The number of benzene rings is 1. The number of hydrogen-bond acceptors (Lipinski definition) is 3. The number of carbonyl (C=O) groups is 1. The minimum Gasteiger partial charge on any atom is -0.341 e. The van der Waals surface area contributed by atoms with E-state index < -0.39 is 0 Å². The fraction of sp³-hybridized carbons (Fsp3) is 0.533. The maximum atomic E-state index is 12.2. The standard InChI is InChI=1S/C15H21ClN2OS.ClH/c1-17-13-3-2-9-18(11-13)15(19)8-10-20-14-6-4-12(16)5-7-14;/h4-7,13,17H,2-3,8-11H2,1H3;1H. The van der Waals surface area contributed by atoms with Crippen molar-refractivity contribution in [2.75, 3.05) is 25.9 Å². The predicted octanol–water partition coefficient (Wildman–Crippen LogP) is 3.45. The Balaban J connectivity index is 0.00000220. The van der Waals surface area contributed by atoms with Gasteiger partial charge in [0.2, 0.25) is 5.91 Å². The number of nitrogens with zero attached hydrogens (tertiary/aromatic N) is 1. The maximum Gasteiger partial charge on any atom is 0.223 e. The third-order valence-electron chi connectivity index (χ3n) is 3.58. The fourth-order valence-corrected chi connectivity index (χ4v) is 3.35. The summed E-state index contributed by atoms with van der Waals surface area (Å²) in [5, 5.41) is 4.01. The first-order valence-corrected chi connectivity index (χ1v) is 8.39. The van der Waals surface area contributed by atoms with Gasteiger partial charge in [-0.15, -0.1) is 24.2 Å². The van der Waals surface area contributed by atoms with Crippen molar-refractivity contribution in [2.24, 2.45) is 0 Å². The molecule has 0 aliphatic carbocycles. The molecule has 0 saturated carbocycles. The summed E-state index contributed by atoms with van der Waals surface area (Å²) in [6, 6.07) is 8.21. The van der Waals surface area contributed by atoms with Crippen LogP contribution in [0.2, 0.25) is 5.02 Å². The van der Waals surface area contributed by atoms with Crippen LogP contribution in [0, 0.1) is 0 Å². The molecular formula is C15H22Cl2N2OS. The zero-order valence-corrected chi connectivity index (χ0v) is 14.6. The topological polar surface area (TPSA) is 32.3 Å². The zero-order valence-electron chi connectivity index (χ0n) is 12.2. The van der Waals surface area contributed by atoms with Gasteiger partial charge < -0.3 is 10.2 Å². The number of nitrogens with one attached hydrogen (secondary N) is 1. The van der Waals surface area contributed by atoms with E-state index in [9.17, 15) is 4.79 Å². The summed E-state index contributed by atoms with van der Waals surface area (Å²) >= 11 is 7.56. The molecule has 1 amide bonds. The van der Waals surface area contributed by atoms with Crippen LogP contribution < -0.4 is 5.32 Å². The number of likely N-dealkylation sites (tertiary alicyclic amines) is 1. The lowest BCUT2D eigenvalue weighted by atomic mass is 10.1. The Hall–Kier alpha value is -0.420. The summed E-state index contributed by atoms with van der Waals surface area (Å²) in [4.78, 5) is 15.3. The Morgan fingerprint density at radius 3 is 2.81 bits per heavy atom. The van der Waals surface area contributed by atoms with Crippen molar-refractivity contribution >= 4 is 41.7 Å². The molecule has 0 spiro atoms. The molecule has 1 N–H and O–H groups in total. The molecular weight excluding hydrogens is 327 g/mol. The van der Waals surface area contributed by atoms with Gasteiger partial charge in [-0.3, -0.25) is 4.79 Å². The minimum absolute atomic E-state index is 0. The number of likely N-dealkylation sites (N-methyl/N-ethyl adjacent to an activating group) is 1. The minimum atomic E-state index is 0. The molecule has 6 heteroatoms. The van der Waals surface area contributed by atoms with E-state index in [0.29, 0.717) is 12.5 Å². The van der Waals surface area contributed by atoms with Crippen molar-refractivity contribution in [1.29, 1.82) is 0 Å². The van der Waals surface area contributed by atoms with Gasteiger partial charge in [-0.25, -0.2) is 0 Å². The summed E-state index contributed by atoms with van der Waals surface area (Å²) in [5.41, 5.74) is 0. The largest absolute Gasteiger partial charge is 0.341 e. The highest BCUT2D eigenvalue weighted by atomic mass is 35.5. The van der Waals surface area contributed by atoms with Crippen molar-refractivity contribution < 1.29 is 4.79 Å². The lowest BCUT2D eigenvalue weighted by Crippen LogP contribution is -2.47. The van der Waals surface area contributed by atoms with Crippen LogP contribution in [-0.4, -0.2) is 42.7 Å². The Morgan fingerprint density at radius 2 is 2.14 bits per heavy atom. The average Bonchev–Trinajstić information content (AvgIpc) is 2.49. The summed E-state index contributed by atoms with van der Waals surface area (Å²) in [6.45, 7) is 1.75. The number of piperidine rings is 1. The normalized spacial score (nSPS) is 18.2. The smallest absolute Gasteiger partial charge is 0.223 e. The molecule has 1 atom stereocenters. The first-order chi connectivity index (χ1) is 9.69. The monoisotopic (exact) mass is 348 g/mol. The van der Waals surface area contributed by atoms with Gasteiger partial charge >= 0.3 is 0 Å². The zero-order chi connectivity index (χ0) is 14.4. The average molecular weight is 349 g/mol. The number of amides is 1. The van der Waals surface area contributed by atoms with Crippen molar-refractivity contribution in [3.63, 3.8) is 0 Å². The molecule has 1 saturated heterocycles. The van der Waals surface area contributed by atoms with Crippen molar-refractivity contribution in [2.45, 2.75) is 30.2 Å². The number of rotatable bonds is 5. The van der Waals surface area contributed by atoms with Crippen LogP contribution in [0.5, 0.6) is 0 Å². The van der Waals surface area contributed by atoms with E-state index in [2.05, 4.69) is 5.32 Å². The Bertz CT molecular complexity index is 442. The number of halogens is 2. The van der Waals surface area contributed by atoms with E-state index in [0.717, 1.165) is 35.2 Å². The van der Waals surface area contributed by atoms with Gasteiger partial charge in [0, 0.05) is 41.2 Å². The highest BCUT2D eigenvalue weighted by molar-refractivity contribution is 7.99. The third-order valence-corrected chi connectivity index (χ3v) is 4.85. The molecule has 1 heterocycles. The molecule has 1 fully saturated rings. The Morgan fingerprint density at radius 1 is 1.43 bits per heavy atom. The lowest BCUT2D eigenvalue weighted by molar-refractivity contribution is -0.132. The highest BCUT2D eigenvalue weighted by Gasteiger charge is 2.21. The van der Waals surface area contributed by atoms with Crippen LogP contribution in [-0.2, 0) is 4.79 Å². The van der Waals surface area contributed by atoms with Gasteiger partial charge in [0.1, 0.15) is 0 Å². The van der Waals surface area contributed by atoms with E-state index in [1.807, 2.05) is 36.2 Å². The fourth-order valence-electron chi connectivity index (χ4n) is 2.38. The van der Waals surface area contributed by atoms with Crippen LogP contribution in [0.1, 0.15) is 19.3 Å². The molecule has 1 aliphatic rings. The summed E-state index contributed by atoms with van der Waals surface area (Å²) in [7, 11) is 1.97. The van der Waals surface area contributed by atoms with E-state index in [1.165, 1.54) is 6.42 Å². The molecule has 118 valence electrons. The van der Waals surface area contributed by atoms with Crippen LogP contribution in [0.15, 0.2) is 29.2 Å². The number of hydrogen-bond donors (Lipinski definition) is 1.